The van der Waals surface area contributed by atoms with E-state index >= 15 is 4.39 Å². The molecule has 0 saturated carbocycles. The third kappa shape index (κ3) is 8.96. The summed E-state index contributed by atoms with van der Waals surface area (Å²) in [6, 6.07) is 14.9. The van der Waals surface area contributed by atoms with Crippen molar-refractivity contribution in [3.63, 3.8) is 0 Å². The van der Waals surface area contributed by atoms with Crippen molar-refractivity contribution in [1.29, 1.82) is 0 Å². The summed E-state index contributed by atoms with van der Waals surface area (Å²) < 4.78 is 56.1. The second kappa shape index (κ2) is 16.7. The van der Waals surface area contributed by atoms with Gasteiger partial charge in [0.05, 0.1) is 18.8 Å². The molecule has 0 bridgehead atoms. The van der Waals surface area contributed by atoms with Crippen molar-refractivity contribution in [3.05, 3.63) is 89.8 Å². The van der Waals surface area contributed by atoms with Crippen LogP contribution in [0.5, 0.6) is 5.75 Å². The lowest BCUT2D eigenvalue weighted by Crippen LogP contribution is -2.34. The minimum Gasteiger partial charge on any atom is -0.486 e. The number of hydrogen-bond acceptors (Lipinski definition) is 3. The first-order chi connectivity index (χ1) is 20.9. The SMILES string of the molecule is CC/C=C/COc1ccc(-c2ccc(-c3ccc(C4CCC(C(O)CCCCCCCC)OC4)cc3F)cc2)c(F)c1F. The van der Waals surface area contributed by atoms with Gasteiger partial charge in [-0.15, -0.1) is 0 Å². The summed E-state index contributed by atoms with van der Waals surface area (Å²) in [6.07, 6.45) is 13.4. The van der Waals surface area contributed by atoms with Crippen LogP contribution in [-0.2, 0) is 4.74 Å². The molecule has 1 aliphatic rings. The Morgan fingerprint density at radius 3 is 2.21 bits per heavy atom. The fraction of sp³-hybridized carbons (Fsp3) is 0.459. The van der Waals surface area contributed by atoms with Gasteiger partial charge in [0.2, 0.25) is 5.82 Å². The molecule has 6 heteroatoms. The molecule has 0 spiro atoms. The Labute approximate surface area is 254 Å². The highest BCUT2D eigenvalue weighted by molar-refractivity contribution is 5.71. The first kappa shape index (κ1) is 32.8. The second-order valence-corrected chi connectivity index (χ2v) is 11.5. The van der Waals surface area contributed by atoms with Gasteiger partial charge in [-0.05, 0) is 60.6 Å². The van der Waals surface area contributed by atoms with Gasteiger partial charge in [0.1, 0.15) is 12.4 Å². The average Bonchev–Trinajstić information content (AvgIpc) is 3.03. The van der Waals surface area contributed by atoms with Gasteiger partial charge in [-0.2, -0.15) is 4.39 Å². The monoisotopic (exact) mass is 594 g/mol. The molecule has 3 unspecified atom stereocenters. The van der Waals surface area contributed by atoms with Crippen molar-refractivity contribution < 1.29 is 27.8 Å². The van der Waals surface area contributed by atoms with E-state index in [1.165, 1.54) is 37.8 Å². The first-order valence-electron chi connectivity index (χ1n) is 15.9. The van der Waals surface area contributed by atoms with E-state index in [1.54, 1.807) is 42.5 Å². The average molecular weight is 595 g/mol. The number of halogens is 3. The number of hydrogen-bond donors (Lipinski definition) is 1. The summed E-state index contributed by atoms with van der Waals surface area (Å²) >= 11 is 0. The number of rotatable bonds is 15. The zero-order chi connectivity index (χ0) is 30.6. The smallest absolute Gasteiger partial charge is 0.201 e. The van der Waals surface area contributed by atoms with Crippen molar-refractivity contribution in [1.82, 2.24) is 0 Å². The minimum absolute atomic E-state index is 0.0795. The number of benzene rings is 3. The van der Waals surface area contributed by atoms with E-state index in [1.807, 2.05) is 19.1 Å². The van der Waals surface area contributed by atoms with E-state index in [0.29, 0.717) is 23.3 Å². The summed E-state index contributed by atoms with van der Waals surface area (Å²) in [6.45, 7) is 4.82. The molecule has 1 saturated heterocycles. The molecule has 0 radical (unpaired) electrons. The molecule has 232 valence electrons. The van der Waals surface area contributed by atoms with E-state index in [0.717, 1.165) is 44.1 Å². The van der Waals surface area contributed by atoms with Crippen LogP contribution < -0.4 is 4.74 Å². The van der Waals surface area contributed by atoms with Crippen molar-refractivity contribution >= 4 is 0 Å². The van der Waals surface area contributed by atoms with Crippen molar-refractivity contribution in [2.75, 3.05) is 13.2 Å². The molecule has 3 aromatic rings. The van der Waals surface area contributed by atoms with Gasteiger partial charge >= 0.3 is 0 Å². The molecule has 0 aromatic heterocycles. The van der Waals surface area contributed by atoms with E-state index in [-0.39, 0.29) is 35.8 Å². The summed E-state index contributed by atoms with van der Waals surface area (Å²) in [5.41, 5.74) is 2.57. The Morgan fingerprint density at radius 2 is 1.53 bits per heavy atom. The minimum atomic E-state index is -1.03. The predicted octanol–water partition coefficient (Wildman–Crippen LogP) is 10.2. The predicted molar refractivity (Wildman–Crippen MR) is 168 cm³/mol. The molecule has 1 aliphatic heterocycles. The van der Waals surface area contributed by atoms with E-state index in [9.17, 15) is 13.9 Å². The Kier molecular flexibility index (Phi) is 12.7. The molecule has 3 nitrogen and oxygen atoms in total. The Morgan fingerprint density at radius 1 is 0.837 bits per heavy atom. The molecule has 0 aliphatic carbocycles. The van der Waals surface area contributed by atoms with Crippen LogP contribution >= 0.6 is 0 Å². The summed E-state index contributed by atoms with van der Waals surface area (Å²) in [7, 11) is 0. The molecule has 3 atom stereocenters. The zero-order valence-corrected chi connectivity index (χ0v) is 25.5. The lowest BCUT2D eigenvalue weighted by Gasteiger charge is -2.32. The van der Waals surface area contributed by atoms with Crippen LogP contribution in [0.15, 0.2) is 66.7 Å². The topological polar surface area (TPSA) is 38.7 Å². The number of aliphatic hydroxyl groups excluding tert-OH is 1. The molecule has 0 amide bonds. The summed E-state index contributed by atoms with van der Waals surface area (Å²) in [5.74, 6) is -2.41. The van der Waals surface area contributed by atoms with Gasteiger partial charge in [-0.25, -0.2) is 8.78 Å². The lowest BCUT2D eigenvalue weighted by atomic mass is 9.88. The van der Waals surface area contributed by atoms with Gasteiger partial charge < -0.3 is 14.6 Å². The maximum Gasteiger partial charge on any atom is 0.201 e. The van der Waals surface area contributed by atoms with Crippen molar-refractivity contribution in [3.8, 4) is 28.0 Å². The van der Waals surface area contributed by atoms with Gasteiger partial charge in [0, 0.05) is 17.0 Å². The highest BCUT2D eigenvalue weighted by Crippen LogP contribution is 2.35. The molecule has 3 aromatic carbocycles. The van der Waals surface area contributed by atoms with Crippen molar-refractivity contribution in [2.45, 2.75) is 96.2 Å². The molecule has 1 N–H and O–H groups in total. The summed E-state index contributed by atoms with van der Waals surface area (Å²) in [4.78, 5) is 0. The second-order valence-electron chi connectivity index (χ2n) is 11.5. The normalized spacial score (nSPS) is 17.8. The quantitative estimate of drug-likeness (QED) is 0.141. The van der Waals surface area contributed by atoms with Crippen LogP contribution in [0.2, 0.25) is 0 Å². The first-order valence-corrected chi connectivity index (χ1v) is 15.9. The number of aliphatic hydroxyl groups is 1. The van der Waals surface area contributed by atoms with Crippen LogP contribution in [0.25, 0.3) is 22.3 Å². The lowest BCUT2D eigenvalue weighted by molar-refractivity contribution is -0.0719. The highest BCUT2D eigenvalue weighted by atomic mass is 19.2. The fourth-order valence-electron chi connectivity index (χ4n) is 5.75. The van der Waals surface area contributed by atoms with E-state index < -0.39 is 17.7 Å². The van der Waals surface area contributed by atoms with Crippen LogP contribution in [0.1, 0.15) is 89.5 Å². The fourth-order valence-corrected chi connectivity index (χ4v) is 5.75. The third-order valence-corrected chi connectivity index (χ3v) is 8.35. The zero-order valence-electron chi connectivity index (χ0n) is 25.5. The van der Waals surface area contributed by atoms with Crippen LogP contribution in [0.4, 0.5) is 13.2 Å². The largest absolute Gasteiger partial charge is 0.486 e. The molecule has 4 rings (SSSR count). The van der Waals surface area contributed by atoms with Crippen LogP contribution in [-0.4, -0.2) is 30.5 Å². The Balaban J connectivity index is 1.33. The number of ether oxygens (including phenoxy) is 2. The van der Waals surface area contributed by atoms with Crippen molar-refractivity contribution in [2.24, 2.45) is 0 Å². The maximum atomic E-state index is 15.3. The van der Waals surface area contributed by atoms with Gasteiger partial charge in [0.15, 0.2) is 11.6 Å². The van der Waals surface area contributed by atoms with Gasteiger partial charge in [-0.3, -0.25) is 0 Å². The molecule has 43 heavy (non-hydrogen) atoms. The molecule has 1 heterocycles. The highest BCUT2D eigenvalue weighted by Gasteiger charge is 2.28. The van der Waals surface area contributed by atoms with Crippen LogP contribution in [0, 0.1) is 17.5 Å². The number of unbranched alkanes of at least 4 members (excludes halogenated alkanes) is 5. The molecular formula is C37H45F3O3. The standard InChI is InChI=1S/C37H45F3O3/c1-3-5-7-8-9-10-12-33(41)34-21-18-29(25-43-34)28-17-19-30(32(38)24-28)26-13-15-27(16-14-26)31-20-22-35(37(40)36(31)39)42-23-11-6-4-2/h6,11,13-17,19-20,22,24,29,33-34,41H,3-5,7-10,12,18,21,23,25H2,1-2H3/b11-6+. The summed E-state index contributed by atoms with van der Waals surface area (Å²) in [5, 5.41) is 10.6. The Hall–Kier alpha value is -3.09. The van der Waals surface area contributed by atoms with Gasteiger partial charge in [-0.1, -0.05) is 101 Å². The maximum absolute atomic E-state index is 15.3. The van der Waals surface area contributed by atoms with Crippen LogP contribution in [0.3, 0.4) is 0 Å². The molecule has 1 fully saturated rings. The third-order valence-electron chi connectivity index (χ3n) is 8.35. The Bertz CT molecular complexity index is 1310. The van der Waals surface area contributed by atoms with E-state index in [2.05, 4.69) is 6.92 Å². The molecular weight excluding hydrogens is 549 g/mol. The van der Waals surface area contributed by atoms with Gasteiger partial charge in [0.25, 0.3) is 0 Å². The number of allylic oxidation sites excluding steroid dienone is 1. The van der Waals surface area contributed by atoms with E-state index in [4.69, 9.17) is 9.47 Å².